The number of nitriles is 1. The zero-order chi connectivity index (χ0) is 20.7. The van der Waals surface area contributed by atoms with Crippen molar-refractivity contribution in [3.05, 3.63) is 56.2 Å². The summed E-state index contributed by atoms with van der Waals surface area (Å²) in [5.74, 6) is 0.788. The van der Waals surface area contributed by atoms with Gasteiger partial charge in [0.25, 0.3) is 5.91 Å². The number of methoxy groups -OCH3 is 1. The maximum Gasteiger partial charge on any atom is 0.266 e. The molecule has 0 unspecified atom stereocenters. The first kappa shape index (κ1) is 21.8. The van der Waals surface area contributed by atoms with Crippen molar-refractivity contribution in [1.82, 2.24) is 0 Å². The summed E-state index contributed by atoms with van der Waals surface area (Å²) in [4.78, 5) is 12.6. The van der Waals surface area contributed by atoms with E-state index in [-0.39, 0.29) is 5.57 Å². The number of rotatable bonds is 7. The number of nitrogens with zero attached hydrogens (tertiary/aromatic N) is 1. The van der Waals surface area contributed by atoms with Gasteiger partial charge in [0.1, 0.15) is 11.6 Å². The lowest BCUT2D eigenvalue weighted by Gasteiger charge is -2.13. The minimum absolute atomic E-state index is 0.0148. The third-order valence-electron chi connectivity index (χ3n) is 4.23. The summed E-state index contributed by atoms with van der Waals surface area (Å²) in [6.07, 6.45) is 2.44. The lowest BCUT2D eigenvalue weighted by atomic mass is 10.1. The Labute approximate surface area is 179 Å². The molecule has 1 N–H and O–H groups in total. The minimum atomic E-state index is -0.448. The maximum absolute atomic E-state index is 12.6. The monoisotopic (exact) mass is 490 g/mol. The van der Waals surface area contributed by atoms with Crippen molar-refractivity contribution in [3.63, 3.8) is 0 Å². The highest BCUT2D eigenvalue weighted by molar-refractivity contribution is 14.1. The summed E-state index contributed by atoms with van der Waals surface area (Å²) in [6, 6.07) is 11.3. The number of anilines is 1. The number of ether oxygens (including phenoxy) is 2. The molecule has 0 aliphatic heterocycles. The Morgan fingerprint density at radius 3 is 2.71 bits per heavy atom. The fourth-order valence-electron chi connectivity index (χ4n) is 2.56. The molecule has 5 nitrogen and oxygen atoms in total. The number of nitrogens with one attached hydrogen (secondary N) is 1. The molecule has 0 spiro atoms. The molecule has 0 saturated heterocycles. The number of benzene rings is 2. The van der Waals surface area contributed by atoms with Crippen LogP contribution in [0.5, 0.6) is 11.5 Å². The van der Waals surface area contributed by atoms with Gasteiger partial charge in [0, 0.05) is 5.69 Å². The largest absolute Gasteiger partial charge is 0.493 e. The lowest BCUT2D eigenvalue weighted by molar-refractivity contribution is -0.112. The molecule has 2 aromatic rings. The molecule has 146 valence electrons. The van der Waals surface area contributed by atoms with Crippen molar-refractivity contribution in [3.8, 4) is 17.6 Å². The molecular weight excluding hydrogens is 467 g/mol. The predicted molar refractivity (Wildman–Crippen MR) is 120 cm³/mol. The van der Waals surface area contributed by atoms with Crippen LogP contribution in [0.2, 0.25) is 0 Å². The molecule has 2 rings (SSSR count). The SMILES string of the molecule is CCCOc1c(I)cc(/C=C(/C#N)C(=O)Nc2cccc(C)c2C)cc1OC. The molecule has 1 amide bonds. The summed E-state index contributed by atoms with van der Waals surface area (Å²) in [5, 5.41) is 12.3. The quantitative estimate of drug-likeness (QED) is 0.327. The second kappa shape index (κ2) is 10.1. The molecule has 0 aliphatic carbocycles. The number of aryl methyl sites for hydroxylation is 1. The molecule has 0 atom stereocenters. The van der Waals surface area contributed by atoms with Gasteiger partial charge in [-0.15, -0.1) is 0 Å². The standard InChI is InChI=1S/C22H23IN2O3/c1-5-9-28-21-18(23)11-16(12-20(21)27-4)10-17(13-24)22(26)25-19-8-6-7-14(2)15(19)3/h6-8,10-12H,5,9H2,1-4H3,(H,25,26)/b17-10-. The molecule has 0 radical (unpaired) electrons. The van der Waals surface area contributed by atoms with Crippen LogP contribution in [-0.4, -0.2) is 19.6 Å². The average molecular weight is 490 g/mol. The molecule has 0 heterocycles. The Hall–Kier alpha value is -2.53. The van der Waals surface area contributed by atoms with Gasteiger partial charge in [0.05, 0.1) is 17.3 Å². The van der Waals surface area contributed by atoms with Gasteiger partial charge in [-0.25, -0.2) is 0 Å². The van der Waals surface area contributed by atoms with E-state index in [4.69, 9.17) is 9.47 Å². The molecule has 0 aromatic heterocycles. The molecule has 6 heteroatoms. The highest BCUT2D eigenvalue weighted by atomic mass is 127. The molecule has 0 bridgehead atoms. The summed E-state index contributed by atoms with van der Waals surface area (Å²) in [5.41, 5.74) is 3.45. The van der Waals surface area contributed by atoms with Gasteiger partial charge in [-0.05, 0) is 83.8 Å². The third-order valence-corrected chi connectivity index (χ3v) is 5.03. The number of amides is 1. The van der Waals surface area contributed by atoms with Gasteiger partial charge in [0.15, 0.2) is 11.5 Å². The van der Waals surface area contributed by atoms with E-state index in [1.54, 1.807) is 19.3 Å². The highest BCUT2D eigenvalue weighted by Gasteiger charge is 2.14. The smallest absolute Gasteiger partial charge is 0.266 e. The van der Waals surface area contributed by atoms with Gasteiger partial charge in [-0.2, -0.15) is 5.26 Å². The fourth-order valence-corrected chi connectivity index (χ4v) is 3.34. The van der Waals surface area contributed by atoms with Gasteiger partial charge in [-0.1, -0.05) is 19.1 Å². The second-order valence-corrected chi connectivity index (χ2v) is 7.42. The summed E-state index contributed by atoms with van der Waals surface area (Å²) in [6.45, 7) is 6.53. The minimum Gasteiger partial charge on any atom is -0.493 e. The first-order valence-corrected chi connectivity index (χ1v) is 9.98. The Balaban J connectivity index is 2.33. The summed E-state index contributed by atoms with van der Waals surface area (Å²) >= 11 is 2.16. The van der Waals surface area contributed by atoms with E-state index in [0.717, 1.165) is 21.1 Å². The number of hydrogen-bond donors (Lipinski definition) is 1. The zero-order valence-corrected chi connectivity index (χ0v) is 18.6. The molecule has 0 fully saturated rings. The van der Waals surface area contributed by atoms with Gasteiger partial charge < -0.3 is 14.8 Å². The van der Waals surface area contributed by atoms with E-state index < -0.39 is 5.91 Å². The van der Waals surface area contributed by atoms with Crippen LogP contribution in [-0.2, 0) is 4.79 Å². The van der Waals surface area contributed by atoms with E-state index in [1.807, 2.05) is 51.1 Å². The van der Waals surface area contributed by atoms with Crippen LogP contribution in [0.15, 0.2) is 35.9 Å². The van der Waals surface area contributed by atoms with Gasteiger partial charge in [0.2, 0.25) is 0 Å². The number of hydrogen-bond acceptors (Lipinski definition) is 4. The average Bonchev–Trinajstić information content (AvgIpc) is 2.68. The topological polar surface area (TPSA) is 71.3 Å². The van der Waals surface area contributed by atoms with Crippen LogP contribution in [0, 0.1) is 28.7 Å². The van der Waals surface area contributed by atoms with E-state index in [1.165, 1.54) is 0 Å². The molecule has 28 heavy (non-hydrogen) atoms. The normalized spacial score (nSPS) is 10.9. The number of carbonyl (C=O) groups is 1. The van der Waals surface area contributed by atoms with Crippen molar-refractivity contribution in [2.45, 2.75) is 27.2 Å². The first-order chi connectivity index (χ1) is 13.4. The van der Waals surface area contributed by atoms with Crippen LogP contribution >= 0.6 is 22.6 Å². The fraction of sp³-hybridized carbons (Fsp3) is 0.273. The molecule has 0 saturated carbocycles. The van der Waals surface area contributed by atoms with Crippen molar-refractivity contribution in [2.75, 3.05) is 19.0 Å². The molecular formula is C22H23IN2O3. The third kappa shape index (κ3) is 5.26. The van der Waals surface area contributed by atoms with Crippen molar-refractivity contribution < 1.29 is 14.3 Å². The van der Waals surface area contributed by atoms with E-state index in [0.29, 0.717) is 29.4 Å². The maximum atomic E-state index is 12.6. The number of halogens is 1. The number of carbonyl (C=O) groups excluding carboxylic acids is 1. The van der Waals surface area contributed by atoms with Gasteiger partial charge in [-0.3, -0.25) is 4.79 Å². The lowest BCUT2D eigenvalue weighted by Crippen LogP contribution is -2.14. The zero-order valence-electron chi connectivity index (χ0n) is 16.4. The first-order valence-electron chi connectivity index (χ1n) is 8.91. The Morgan fingerprint density at radius 1 is 1.32 bits per heavy atom. The Kier molecular flexibility index (Phi) is 7.88. The second-order valence-electron chi connectivity index (χ2n) is 6.25. The Morgan fingerprint density at radius 2 is 2.07 bits per heavy atom. The summed E-state index contributed by atoms with van der Waals surface area (Å²) in [7, 11) is 1.57. The van der Waals surface area contributed by atoms with Crippen molar-refractivity contribution in [2.24, 2.45) is 0 Å². The Bertz CT molecular complexity index is 946. The van der Waals surface area contributed by atoms with Crippen LogP contribution < -0.4 is 14.8 Å². The van der Waals surface area contributed by atoms with Crippen LogP contribution in [0.1, 0.15) is 30.0 Å². The molecule has 2 aromatic carbocycles. The van der Waals surface area contributed by atoms with Crippen molar-refractivity contribution in [1.29, 1.82) is 5.26 Å². The summed E-state index contributed by atoms with van der Waals surface area (Å²) < 4.78 is 12.0. The van der Waals surface area contributed by atoms with Crippen LogP contribution in [0.4, 0.5) is 5.69 Å². The van der Waals surface area contributed by atoms with E-state index in [9.17, 15) is 10.1 Å². The van der Waals surface area contributed by atoms with E-state index >= 15 is 0 Å². The highest BCUT2D eigenvalue weighted by Crippen LogP contribution is 2.34. The van der Waals surface area contributed by atoms with Crippen LogP contribution in [0.25, 0.3) is 6.08 Å². The predicted octanol–water partition coefficient (Wildman–Crippen LogP) is 5.25. The van der Waals surface area contributed by atoms with E-state index in [2.05, 4.69) is 27.9 Å². The molecule has 0 aliphatic rings. The van der Waals surface area contributed by atoms with Crippen molar-refractivity contribution >= 4 is 40.3 Å². The van der Waals surface area contributed by atoms with Gasteiger partial charge >= 0.3 is 0 Å². The van der Waals surface area contributed by atoms with Crippen LogP contribution in [0.3, 0.4) is 0 Å².